The van der Waals surface area contributed by atoms with Crippen LogP contribution in [0.5, 0.6) is 0 Å². The van der Waals surface area contributed by atoms with E-state index in [1.54, 1.807) is 4.90 Å². The molecular formula is C14H16F2N2O3. The first-order valence-electron chi connectivity index (χ1n) is 6.56. The number of aliphatic carboxylic acids is 1. The lowest BCUT2D eigenvalue weighted by Crippen LogP contribution is -2.32. The van der Waals surface area contributed by atoms with E-state index in [4.69, 9.17) is 5.11 Å². The van der Waals surface area contributed by atoms with Crippen molar-refractivity contribution in [3.05, 3.63) is 29.8 Å². The van der Waals surface area contributed by atoms with Crippen molar-refractivity contribution in [2.45, 2.75) is 6.92 Å². The Morgan fingerprint density at radius 3 is 2.43 bits per heavy atom. The molecule has 0 aromatic heterocycles. The maximum atomic E-state index is 13.0. The molecule has 0 spiro atoms. The smallest absolute Gasteiger partial charge is 0.308 e. The summed E-state index contributed by atoms with van der Waals surface area (Å²) in [7, 11) is 0. The topological polar surface area (TPSA) is 69.6 Å². The molecule has 0 radical (unpaired) electrons. The maximum Gasteiger partial charge on any atom is 0.308 e. The fourth-order valence-corrected chi connectivity index (χ4v) is 2.55. The van der Waals surface area contributed by atoms with Crippen LogP contribution < -0.4 is 5.32 Å². The van der Waals surface area contributed by atoms with Gasteiger partial charge in [0.2, 0.25) is 5.91 Å². The van der Waals surface area contributed by atoms with E-state index in [1.807, 2.05) is 6.92 Å². The van der Waals surface area contributed by atoms with Crippen molar-refractivity contribution >= 4 is 17.6 Å². The Bertz CT molecular complexity index is 545. The van der Waals surface area contributed by atoms with Crippen molar-refractivity contribution in [1.29, 1.82) is 0 Å². The Hall–Kier alpha value is -2.02. The summed E-state index contributed by atoms with van der Waals surface area (Å²) in [6.07, 6.45) is 0. The average molecular weight is 298 g/mol. The van der Waals surface area contributed by atoms with E-state index >= 15 is 0 Å². The van der Waals surface area contributed by atoms with Gasteiger partial charge in [-0.15, -0.1) is 0 Å². The highest BCUT2D eigenvalue weighted by Gasteiger charge is 2.35. The van der Waals surface area contributed by atoms with Gasteiger partial charge in [-0.1, -0.05) is 6.92 Å². The highest BCUT2D eigenvalue weighted by Crippen LogP contribution is 2.23. The second kappa shape index (κ2) is 6.17. The predicted octanol–water partition coefficient (Wildman–Crippen LogP) is 1.56. The van der Waals surface area contributed by atoms with Crippen molar-refractivity contribution < 1.29 is 23.5 Å². The molecule has 7 heteroatoms. The quantitative estimate of drug-likeness (QED) is 0.885. The van der Waals surface area contributed by atoms with Crippen LogP contribution in [-0.4, -0.2) is 41.5 Å². The van der Waals surface area contributed by atoms with Crippen molar-refractivity contribution in [2.24, 2.45) is 11.8 Å². The Labute approximate surface area is 120 Å². The van der Waals surface area contributed by atoms with Gasteiger partial charge in [0.05, 0.1) is 12.5 Å². The molecule has 114 valence electrons. The number of nitrogens with zero attached hydrogens (tertiary/aromatic N) is 1. The number of nitrogens with one attached hydrogen (secondary N) is 1. The minimum atomic E-state index is -0.877. The lowest BCUT2D eigenvalue weighted by Gasteiger charge is -2.15. The average Bonchev–Trinajstić information content (AvgIpc) is 2.68. The number of hydrogen-bond donors (Lipinski definition) is 2. The van der Waals surface area contributed by atoms with Gasteiger partial charge < -0.3 is 10.4 Å². The molecule has 1 amide bonds. The van der Waals surface area contributed by atoms with Gasteiger partial charge in [-0.2, -0.15) is 0 Å². The number of benzene rings is 1. The van der Waals surface area contributed by atoms with E-state index in [0.717, 1.165) is 18.2 Å². The maximum absolute atomic E-state index is 13.0. The first-order chi connectivity index (χ1) is 9.85. The first-order valence-corrected chi connectivity index (χ1v) is 6.56. The van der Waals surface area contributed by atoms with Crippen LogP contribution in [0.2, 0.25) is 0 Å². The van der Waals surface area contributed by atoms with Crippen LogP contribution in [0.15, 0.2) is 18.2 Å². The number of carboxylic acid groups (broad SMARTS) is 1. The summed E-state index contributed by atoms with van der Waals surface area (Å²) in [5, 5.41) is 11.4. The number of amides is 1. The summed E-state index contributed by atoms with van der Waals surface area (Å²) < 4.78 is 26.0. The van der Waals surface area contributed by atoms with Crippen LogP contribution in [0.25, 0.3) is 0 Å². The SMILES string of the molecule is CC1CN(CC(=O)Nc2cc(F)cc(F)c2)CC1C(=O)O. The van der Waals surface area contributed by atoms with Crippen LogP contribution in [0, 0.1) is 23.5 Å². The van der Waals surface area contributed by atoms with Gasteiger partial charge in [-0.25, -0.2) is 8.78 Å². The zero-order valence-electron chi connectivity index (χ0n) is 11.5. The molecule has 0 bridgehead atoms. The molecule has 1 heterocycles. The molecule has 1 saturated heterocycles. The fourth-order valence-electron chi connectivity index (χ4n) is 2.55. The number of halogens is 2. The monoisotopic (exact) mass is 298 g/mol. The molecule has 1 aromatic carbocycles. The van der Waals surface area contributed by atoms with E-state index in [9.17, 15) is 18.4 Å². The lowest BCUT2D eigenvalue weighted by molar-refractivity contribution is -0.142. The number of carbonyl (C=O) groups is 2. The van der Waals surface area contributed by atoms with Crippen molar-refractivity contribution in [3.8, 4) is 0 Å². The molecule has 1 fully saturated rings. The second-order valence-electron chi connectivity index (χ2n) is 5.32. The van der Waals surface area contributed by atoms with Gasteiger partial charge in [0.25, 0.3) is 0 Å². The predicted molar refractivity (Wildman–Crippen MR) is 71.7 cm³/mol. The third-order valence-corrected chi connectivity index (χ3v) is 3.52. The summed E-state index contributed by atoms with van der Waals surface area (Å²) in [6.45, 7) is 2.61. The van der Waals surface area contributed by atoms with Crippen LogP contribution in [0.4, 0.5) is 14.5 Å². The molecule has 2 N–H and O–H groups in total. The summed E-state index contributed by atoms with van der Waals surface area (Å²) in [4.78, 5) is 24.5. The summed E-state index contributed by atoms with van der Waals surface area (Å²) in [6, 6.07) is 2.76. The molecule has 0 aliphatic carbocycles. The molecule has 1 aliphatic heterocycles. The number of carbonyl (C=O) groups excluding carboxylic acids is 1. The normalized spacial score (nSPS) is 22.2. The molecule has 1 aromatic rings. The number of hydrogen-bond acceptors (Lipinski definition) is 3. The van der Waals surface area contributed by atoms with Crippen molar-refractivity contribution in [3.63, 3.8) is 0 Å². The molecule has 0 saturated carbocycles. The number of likely N-dealkylation sites (tertiary alicyclic amines) is 1. The minimum Gasteiger partial charge on any atom is -0.481 e. The molecule has 1 aliphatic rings. The highest BCUT2D eigenvalue weighted by molar-refractivity contribution is 5.92. The highest BCUT2D eigenvalue weighted by atomic mass is 19.1. The van der Waals surface area contributed by atoms with Gasteiger partial charge >= 0.3 is 5.97 Å². The van der Waals surface area contributed by atoms with Crippen molar-refractivity contribution in [2.75, 3.05) is 25.0 Å². The number of carboxylic acids is 1. The van der Waals surface area contributed by atoms with E-state index in [1.165, 1.54) is 0 Å². The summed E-state index contributed by atoms with van der Waals surface area (Å²) >= 11 is 0. The minimum absolute atomic E-state index is 0.00769. The Kier molecular flexibility index (Phi) is 4.52. The van der Waals surface area contributed by atoms with E-state index < -0.39 is 29.4 Å². The number of anilines is 1. The third kappa shape index (κ3) is 3.98. The Morgan fingerprint density at radius 2 is 1.90 bits per heavy atom. The van der Waals surface area contributed by atoms with Gasteiger partial charge in [-0.3, -0.25) is 14.5 Å². The molecule has 2 unspecified atom stereocenters. The van der Waals surface area contributed by atoms with E-state index in [-0.39, 0.29) is 18.2 Å². The fraction of sp³-hybridized carbons (Fsp3) is 0.429. The van der Waals surface area contributed by atoms with Gasteiger partial charge in [0.15, 0.2) is 0 Å². The Balaban J connectivity index is 1.92. The van der Waals surface area contributed by atoms with E-state index in [2.05, 4.69) is 5.32 Å². The van der Waals surface area contributed by atoms with Gasteiger partial charge in [-0.05, 0) is 18.1 Å². The lowest BCUT2D eigenvalue weighted by atomic mass is 9.99. The first kappa shape index (κ1) is 15.4. The molecule has 5 nitrogen and oxygen atoms in total. The standard InChI is InChI=1S/C14H16F2N2O3/c1-8-5-18(6-12(8)14(20)21)7-13(19)17-11-3-9(15)2-10(16)4-11/h2-4,8,12H,5-7H2,1H3,(H,17,19)(H,20,21). The van der Waals surface area contributed by atoms with E-state index in [0.29, 0.717) is 13.1 Å². The van der Waals surface area contributed by atoms with Crippen LogP contribution in [0.3, 0.4) is 0 Å². The molecule has 2 atom stereocenters. The van der Waals surface area contributed by atoms with Gasteiger partial charge in [0, 0.05) is 24.8 Å². The number of rotatable bonds is 4. The summed E-state index contributed by atoms with van der Waals surface area (Å²) in [5.41, 5.74) is 0.0412. The Morgan fingerprint density at radius 1 is 1.29 bits per heavy atom. The van der Waals surface area contributed by atoms with Crippen LogP contribution in [0.1, 0.15) is 6.92 Å². The molecular weight excluding hydrogens is 282 g/mol. The molecule has 21 heavy (non-hydrogen) atoms. The largest absolute Gasteiger partial charge is 0.481 e. The molecule has 2 rings (SSSR count). The van der Waals surface area contributed by atoms with Crippen LogP contribution >= 0.6 is 0 Å². The zero-order chi connectivity index (χ0) is 15.6. The van der Waals surface area contributed by atoms with Gasteiger partial charge in [0.1, 0.15) is 11.6 Å². The third-order valence-electron chi connectivity index (χ3n) is 3.52. The van der Waals surface area contributed by atoms with Crippen LogP contribution in [-0.2, 0) is 9.59 Å². The second-order valence-corrected chi connectivity index (χ2v) is 5.32. The summed E-state index contributed by atoms with van der Waals surface area (Å²) in [5.74, 6) is -3.39. The zero-order valence-corrected chi connectivity index (χ0v) is 11.5. The van der Waals surface area contributed by atoms with Crippen molar-refractivity contribution in [1.82, 2.24) is 4.90 Å².